The highest BCUT2D eigenvalue weighted by molar-refractivity contribution is 9.08. The van der Waals surface area contributed by atoms with Gasteiger partial charge in [0.1, 0.15) is 11.8 Å². The van der Waals surface area contributed by atoms with Crippen LogP contribution in [0.15, 0.2) is 12.1 Å². The lowest BCUT2D eigenvalue weighted by atomic mass is 10.0. The number of hydrogen-bond donors (Lipinski definition) is 0. The summed E-state index contributed by atoms with van der Waals surface area (Å²) in [5.41, 5.74) is 1.12. The van der Waals surface area contributed by atoms with Crippen molar-refractivity contribution < 1.29 is 23.0 Å². The number of ether oxygens (including phenoxy) is 2. The van der Waals surface area contributed by atoms with Crippen molar-refractivity contribution in [3.63, 3.8) is 0 Å². The average molecular weight is 348 g/mol. The highest BCUT2D eigenvalue weighted by Crippen LogP contribution is 2.27. The van der Waals surface area contributed by atoms with Crippen LogP contribution in [-0.4, -0.2) is 19.2 Å². The predicted octanol–water partition coefficient (Wildman–Crippen LogP) is 3.16. The van der Waals surface area contributed by atoms with Gasteiger partial charge < -0.3 is 9.47 Å². The lowest BCUT2D eigenvalue weighted by Gasteiger charge is -2.12. The third-order valence-corrected chi connectivity index (χ3v) is 3.03. The van der Waals surface area contributed by atoms with E-state index in [1.807, 2.05) is 0 Å². The fourth-order valence-corrected chi connectivity index (χ4v) is 2.13. The first-order valence-corrected chi connectivity index (χ1v) is 6.86. The Morgan fingerprint density at radius 3 is 2.65 bits per heavy atom. The van der Waals surface area contributed by atoms with Gasteiger partial charge in [0.25, 0.3) is 0 Å². The number of benzene rings is 1. The van der Waals surface area contributed by atoms with Crippen molar-refractivity contribution in [1.29, 1.82) is 5.26 Å². The van der Waals surface area contributed by atoms with Crippen LogP contribution in [0.25, 0.3) is 0 Å². The smallest absolute Gasteiger partial charge is 0.387 e. The van der Waals surface area contributed by atoms with Crippen molar-refractivity contribution in [3.8, 4) is 11.8 Å². The monoisotopic (exact) mass is 347 g/mol. The molecule has 108 valence electrons. The molecule has 0 unspecified atom stereocenters. The number of alkyl halides is 3. The van der Waals surface area contributed by atoms with Gasteiger partial charge in [0.15, 0.2) is 0 Å². The molecule has 1 aromatic rings. The Bertz CT molecular complexity index is 529. The lowest BCUT2D eigenvalue weighted by molar-refractivity contribution is -0.142. The maximum atomic E-state index is 12.3. The average Bonchev–Trinajstić information content (AvgIpc) is 2.38. The molecule has 0 saturated heterocycles. The summed E-state index contributed by atoms with van der Waals surface area (Å²) in [6, 6.07) is 4.48. The molecule has 4 nitrogen and oxygen atoms in total. The van der Waals surface area contributed by atoms with Crippen LogP contribution in [0.4, 0.5) is 8.78 Å². The van der Waals surface area contributed by atoms with Gasteiger partial charge in [-0.15, -0.1) is 0 Å². The standard InChI is InChI=1S/C13H12BrF2NO3/c1-2-19-12(18)5-8-4-11(20-13(15)16)10(7-17)3-9(8)6-14/h3-4,13H,2,5-6H2,1H3. The van der Waals surface area contributed by atoms with Gasteiger partial charge in [0.05, 0.1) is 18.6 Å². The molecule has 0 amide bonds. The Labute approximate surface area is 123 Å². The van der Waals surface area contributed by atoms with Crippen LogP contribution < -0.4 is 4.74 Å². The quantitative estimate of drug-likeness (QED) is 0.585. The van der Waals surface area contributed by atoms with Gasteiger partial charge in [-0.1, -0.05) is 15.9 Å². The number of halogens is 3. The first-order chi connectivity index (χ1) is 9.51. The van der Waals surface area contributed by atoms with E-state index in [-0.39, 0.29) is 24.3 Å². The molecule has 0 aromatic heterocycles. The van der Waals surface area contributed by atoms with E-state index >= 15 is 0 Å². The van der Waals surface area contributed by atoms with Crippen LogP contribution in [0.2, 0.25) is 0 Å². The summed E-state index contributed by atoms with van der Waals surface area (Å²) in [6.45, 7) is -1.13. The molecule has 7 heteroatoms. The van der Waals surface area contributed by atoms with E-state index in [4.69, 9.17) is 10.00 Å². The van der Waals surface area contributed by atoms with Crippen LogP contribution in [0.1, 0.15) is 23.6 Å². The SMILES string of the molecule is CCOC(=O)Cc1cc(OC(F)F)c(C#N)cc1CBr. The molecule has 1 aromatic carbocycles. The maximum Gasteiger partial charge on any atom is 0.387 e. The van der Waals surface area contributed by atoms with Gasteiger partial charge >= 0.3 is 12.6 Å². The molecule has 0 aliphatic heterocycles. The number of nitriles is 1. The number of carbonyl (C=O) groups is 1. The van der Waals surface area contributed by atoms with E-state index in [9.17, 15) is 13.6 Å². The molecule has 0 bridgehead atoms. The van der Waals surface area contributed by atoms with Crippen molar-refractivity contribution in [2.45, 2.75) is 25.3 Å². The van der Waals surface area contributed by atoms with Crippen molar-refractivity contribution in [1.82, 2.24) is 0 Å². The minimum atomic E-state index is -3.03. The van der Waals surface area contributed by atoms with E-state index in [2.05, 4.69) is 20.7 Å². The minimum Gasteiger partial charge on any atom is -0.466 e. The van der Waals surface area contributed by atoms with E-state index in [1.54, 1.807) is 13.0 Å². The molecular weight excluding hydrogens is 336 g/mol. The second-order valence-electron chi connectivity index (χ2n) is 3.72. The molecule has 0 aliphatic carbocycles. The zero-order valence-electron chi connectivity index (χ0n) is 10.7. The van der Waals surface area contributed by atoms with Crippen LogP contribution in [-0.2, 0) is 21.3 Å². The van der Waals surface area contributed by atoms with Gasteiger partial charge in [-0.3, -0.25) is 4.79 Å². The zero-order chi connectivity index (χ0) is 15.1. The molecule has 0 aliphatic rings. The summed E-state index contributed by atoms with van der Waals surface area (Å²) in [4.78, 5) is 11.5. The summed E-state index contributed by atoms with van der Waals surface area (Å²) >= 11 is 3.23. The number of hydrogen-bond acceptors (Lipinski definition) is 4. The van der Waals surface area contributed by atoms with Gasteiger partial charge in [0.2, 0.25) is 0 Å². The van der Waals surface area contributed by atoms with Crippen molar-refractivity contribution in [2.24, 2.45) is 0 Å². The van der Waals surface area contributed by atoms with Crippen molar-refractivity contribution in [2.75, 3.05) is 6.61 Å². The normalized spacial score (nSPS) is 10.2. The zero-order valence-corrected chi connectivity index (χ0v) is 12.2. The molecule has 20 heavy (non-hydrogen) atoms. The Morgan fingerprint density at radius 2 is 2.15 bits per heavy atom. The van der Waals surface area contributed by atoms with Gasteiger partial charge in [-0.25, -0.2) is 0 Å². The second-order valence-corrected chi connectivity index (χ2v) is 4.28. The summed E-state index contributed by atoms with van der Waals surface area (Å²) in [6.07, 6.45) is -0.0694. The molecule has 1 rings (SSSR count). The Hall–Kier alpha value is -1.68. The Kier molecular flexibility index (Phi) is 6.39. The van der Waals surface area contributed by atoms with Crippen LogP contribution in [0.3, 0.4) is 0 Å². The number of carbonyl (C=O) groups excluding carboxylic acids is 1. The first-order valence-electron chi connectivity index (χ1n) is 5.74. The van der Waals surface area contributed by atoms with Gasteiger partial charge in [-0.2, -0.15) is 14.0 Å². The first kappa shape index (κ1) is 16.4. The largest absolute Gasteiger partial charge is 0.466 e. The summed E-state index contributed by atoms with van der Waals surface area (Å²) in [7, 11) is 0. The maximum absolute atomic E-state index is 12.3. The van der Waals surface area contributed by atoms with Gasteiger partial charge in [-0.05, 0) is 30.2 Å². The highest BCUT2D eigenvalue weighted by atomic mass is 79.9. The molecule has 0 saturated carbocycles. The fourth-order valence-electron chi connectivity index (χ4n) is 1.60. The van der Waals surface area contributed by atoms with E-state index in [0.717, 1.165) is 0 Å². The summed E-state index contributed by atoms with van der Waals surface area (Å²) in [5.74, 6) is -0.714. The highest BCUT2D eigenvalue weighted by Gasteiger charge is 2.16. The summed E-state index contributed by atoms with van der Waals surface area (Å²) in [5, 5.41) is 9.31. The molecule has 0 heterocycles. The third kappa shape index (κ3) is 4.46. The summed E-state index contributed by atoms with van der Waals surface area (Å²) < 4.78 is 33.7. The Morgan fingerprint density at radius 1 is 1.45 bits per heavy atom. The molecule has 0 atom stereocenters. The molecule has 0 N–H and O–H groups in total. The number of esters is 1. The van der Waals surface area contributed by atoms with Crippen molar-refractivity contribution >= 4 is 21.9 Å². The predicted molar refractivity (Wildman–Crippen MR) is 70.8 cm³/mol. The molecular formula is C13H12BrF2NO3. The second kappa shape index (κ2) is 7.80. The van der Waals surface area contributed by atoms with E-state index in [1.165, 1.54) is 12.1 Å². The minimum absolute atomic E-state index is 0.00708. The Balaban J connectivity index is 3.14. The fraction of sp³-hybridized carbons (Fsp3) is 0.385. The number of nitrogens with zero attached hydrogens (tertiary/aromatic N) is 1. The number of rotatable bonds is 6. The van der Waals surface area contributed by atoms with Crippen LogP contribution in [0.5, 0.6) is 5.75 Å². The van der Waals surface area contributed by atoms with Crippen LogP contribution in [0, 0.1) is 11.3 Å². The third-order valence-electron chi connectivity index (χ3n) is 2.42. The van der Waals surface area contributed by atoms with E-state index in [0.29, 0.717) is 16.5 Å². The molecule has 0 radical (unpaired) electrons. The molecule has 0 fully saturated rings. The molecule has 0 spiro atoms. The topological polar surface area (TPSA) is 59.3 Å². The lowest BCUT2D eigenvalue weighted by Crippen LogP contribution is -2.11. The van der Waals surface area contributed by atoms with Crippen LogP contribution >= 0.6 is 15.9 Å². The van der Waals surface area contributed by atoms with Crippen molar-refractivity contribution in [3.05, 3.63) is 28.8 Å². The van der Waals surface area contributed by atoms with E-state index < -0.39 is 12.6 Å². The van der Waals surface area contributed by atoms with Gasteiger partial charge in [0, 0.05) is 5.33 Å².